The van der Waals surface area contributed by atoms with Crippen LogP contribution >= 0.6 is 0 Å². The maximum absolute atomic E-state index is 12.6. The molecule has 2 aromatic carbocycles. The maximum atomic E-state index is 12.6. The van der Waals surface area contributed by atoms with Crippen LogP contribution in [0.15, 0.2) is 47.3 Å². The molecule has 0 radical (unpaired) electrons. The van der Waals surface area contributed by atoms with Gasteiger partial charge in [-0.1, -0.05) is 30.3 Å². The molecular weight excluding hydrogens is 278 g/mol. The summed E-state index contributed by atoms with van der Waals surface area (Å²) in [6.07, 6.45) is 0. The zero-order valence-electron chi connectivity index (χ0n) is 12.3. The lowest BCUT2D eigenvalue weighted by molar-refractivity contribution is 0.0697. The fourth-order valence-corrected chi connectivity index (χ4v) is 2.68. The Morgan fingerprint density at radius 1 is 1.09 bits per heavy atom. The van der Waals surface area contributed by atoms with Crippen LogP contribution in [0.2, 0.25) is 0 Å². The van der Waals surface area contributed by atoms with E-state index in [1.165, 1.54) is 6.07 Å². The van der Waals surface area contributed by atoms with Gasteiger partial charge in [0, 0.05) is 10.9 Å². The molecule has 0 aliphatic rings. The van der Waals surface area contributed by atoms with E-state index in [4.69, 9.17) is 5.11 Å². The van der Waals surface area contributed by atoms with E-state index in [1.54, 1.807) is 19.9 Å². The zero-order valence-corrected chi connectivity index (χ0v) is 12.3. The molecule has 1 aromatic heterocycles. The van der Waals surface area contributed by atoms with Gasteiger partial charge in [-0.05, 0) is 37.1 Å². The van der Waals surface area contributed by atoms with Crippen molar-refractivity contribution in [2.75, 3.05) is 0 Å². The smallest absolute Gasteiger partial charge is 0.335 e. The summed E-state index contributed by atoms with van der Waals surface area (Å²) in [6, 6.07) is 12.6. The number of fused-ring (bicyclic) bond motifs is 1. The van der Waals surface area contributed by atoms with E-state index in [0.717, 1.165) is 16.8 Å². The molecule has 0 atom stereocenters. The number of rotatable bonds is 2. The van der Waals surface area contributed by atoms with Crippen LogP contribution in [0.5, 0.6) is 0 Å². The van der Waals surface area contributed by atoms with Crippen molar-refractivity contribution in [2.24, 2.45) is 0 Å². The lowest BCUT2D eigenvalue weighted by Crippen LogP contribution is -2.11. The van der Waals surface area contributed by atoms with E-state index in [2.05, 4.69) is 4.98 Å². The third kappa shape index (κ3) is 2.19. The number of aromatic nitrogens is 1. The molecule has 0 unspecified atom stereocenters. The number of carboxylic acids is 1. The van der Waals surface area contributed by atoms with Crippen molar-refractivity contribution in [3.63, 3.8) is 0 Å². The summed E-state index contributed by atoms with van der Waals surface area (Å²) >= 11 is 0. The second kappa shape index (κ2) is 5.15. The third-order valence-electron chi connectivity index (χ3n) is 3.86. The van der Waals surface area contributed by atoms with Crippen LogP contribution in [0.3, 0.4) is 0 Å². The summed E-state index contributed by atoms with van der Waals surface area (Å²) in [5.41, 5.74) is 3.69. The number of carboxylic acid groups (broad SMARTS) is 1. The van der Waals surface area contributed by atoms with E-state index >= 15 is 0 Å². The van der Waals surface area contributed by atoms with Gasteiger partial charge in [0.25, 0.3) is 0 Å². The molecule has 0 aliphatic heterocycles. The highest BCUT2D eigenvalue weighted by atomic mass is 16.4. The number of pyridine rings is 1. The van der Waals surface area contributed by atoms with E-state index in [1.807, 2.05) is 30.3 Å². The highest BCUT2D eigenvalue weighted by molar-refractivity contribution is 5.95. The van der Waals surface area contributed by atoms with Crippen molar-refractivity contribution < 1.29 is 9.90 Å². The average Bonchev–Trinajstić information content (AvgIpc) is 2.51. The van der Waals surface area contributed by atoms with E-state index in [0.29, 0.717) is 16.5 Å². The Kier molecular flexibility index (Phi) is 3.29. The number of carbonyl (C=O) groups is 1. The summed E-state index contributed by atoms with van der Waals surface area (Å²) in [5.74, 6) is -1.03. The molecular formula is C18H15NO3. The van der Waals surface area contributed by atoms with Crippen LogP contribution < -0.4 is 5.43 Å². The molecule has 0 aliphatic carbocycles. The Labute approximate surface area is 127 Å². The fraction of sp³-hybridized carbons (Fsp3) is 0.111. The summed E-state index contributed by atoms with van der Waals surface area (Å²) in [6.45, 7) is 3.55. The Balaban J connectivity index is 2.39. The lowest BCUT2D eigenvalue weighted by atomic mass is 10.00. The van der Waals surface area contributed by atoms with Crippen LogP contribution in [0, 0.1) is 13.8 Å². The molecule has 0 bridgehead atoms. The second-order valence-corrected chi connectivity index (χ2v) is 5.34. The van der Waals surface area contributed by atoms with Crippen molar-refractivity contribution in [3.05, 3.63) is 69.4 Å². The minimum Gasteiger partial charge on any atom is -0.478 e. The fourth-order valence-electron chi connectivity index (χ4n) is 2.68. The maximum Gasteiger partial charge on any atom is 0.335 e. The Morgan fingerprint density at radius 2 is 1.77 bits per heavy atom. The number of aromatic amines is 1. The average molecular weight is 293 g/mol. The van der Waals surface area contributed by atoms with Crippen LogP contribution in [0.25, 0.3) is 22.2 Å². The molecule has 4 heteroatoms. The molecule has 0 fully saturated rings. The molecule has 2 N–H and O–H groups in total. The molecule has 3 rings (SSSR count). The normalized spacial score (nSPS) is 10.8. The number of H-pyrrole nitrogens is 1. The molecule has 22 heavy (non-hydrogen) atoms. The van der Waals surface area contributed by atoms with Crippen molar-refractivity contribution in [2.45, 2.75) is 13.8 Å². The predicted molar refractivity (Wildman–Crippen MR) is 86.4 cm³/mol. The largest absolute Gasteiger partial charge is 0.478 e. The molecule has 110 valence electrons. The van der Waals surface area contributed by atoms with E-state index < -0.39 is 5.97 Å². The van der Waals surface area contributed by atoms with Crippen molar-refractivity contribution in [1.82, 2.24) is 4.98 Å². The SMILES string of the molecule is Cc1c(-c2ccccc2)[nH]c2c(C)cc(C(=O)O)cc2c1=O. The number of aryl methyl sites for hydroxylation is 1. The van der Waals surface area contributed by atoms with Gasteiger partial charge >= 0.3 is 5.97 Å². The molecule has 0 saturated carbocycles. The first-order valence-corrected chi connectivity index (χ1v) is 6.95. The molecule has 0 saturated heterocycles. The van der Waals surface area contributed by atoms with Gasteiger partial charge in [-0.15, -0.1) is 0 Å². The predicted octanol–water partition coefficient (Wildman–Crippen LogP) is 3.51. The minimum absolute atomic E-state index is 0.127. The van der Waals surface area contributed by atoms with Crippen molar-refractivity contribution >= 4 is 16.9 Å². The molecule has 3 aromatic rings. The monoisotopic (exact) mass is 293 g/mol. The van der Waals surface area contributed by atoms with E-state index in [9.17, 15) is 9.59 Å². The van der Waals surface area contributed by atoms with Gasteiger partial charge in [0.2, 0.25) is 0 Å². The Morgan fingerprint density at radius 3 is 2.41 bits per heavy atom. The van der Waals surface area contributed by atoms with Gasteiger partial charge in [0.1, 0.15) is 0 Å². The van der Waals surface area contributed by atoms with Crippen molar-refractivity contribution in [3.8, 4) is 11.3 Å². The molecule has 0 amide bonds. The molecule has 4 nitrogen and oxygen atoms in total. The second-order valence-electron chi connectivity index (χ2n) is 5.34. The highest BCUT2D eigenvalue weighted by Crippen LogP contribution is 2.24. The summed E-state index contributed by atoms with van der Waals surface area (Å²) < 4.78 is 0. The highest BCUT2D eigenvalue weighted by Gasteiger charge is 2.14. The van der Waals surface area contributed by atoms with Crippen LogP contribution in [-0.2, 0) is 0 Å². The minimum atomic E-state index is -1.03. The lowest BCUT2D eigenvalue weighted by Gasteiger charge is -2.11. The third-order valence-corrected chi connectivity index (χ3v) is 3.86. The first kappa shape index (κ1) is 14.1. The number of hydrogen-bond donors (Lipinski definition) is 2. The summed E-state index contributed by atoms with van der Waals surface area (Å²) in [4.78, 5) is 27.1. The number of hydrogen-bond acceptors (Lipinski definition) is 2. The summed E-state index contributed by atoms with van der Waals surface area (Å²) in [5, 5.41) is 9.56. The van der Waals surface area contributed by atoms with Gasteiger partial charge < -0.3 is 10.1 Å². The Hall–Kier alpha value is -2.88. The quantitative estimate of drug-likeness (QED) is 0.759. The number of aromatic carboxylic acids is 1. The van der Waals surface area contributed by atoms with Gasteiger partial charge in [0.15, 0.2) is 5.43 Å². The van der Waals surface area contributed by atoms with Crippen LogP contribution in [-0.4, -0.2) is 16.1 Å². The standard InChI is InChI=1S/C18H15NO3/c1-10-8-13(18(21)22)9-14-15(10)19-16(11(2)17(14)20)12-6-4-3-5-7-12/h3-9H,1-2H3,(H,19,20)(H,21,22). The first-order valence-electron chi connectivity index (χ1n) is 6.95. The van der Waals surface area contributed by atoms with Crippen LogP contribution in [0.1, 0.15) is 21.5 Å². The van der Waals surface area contributed by atoms with Crippen LogP contribution in [0.4, 0.5) is 0 Å². The molecule has 1 heterocycles. The topological polar surface area (TPSA) is 70.2 Å². The van der Waals surface area contributed by atoms with Gasteiger partial charge in [-0.25, -0.2) is 4.79 Å². The number of benzene rings is 2. The van der Waals surface area contributed by atoms with Gasteiger partial charge in [0.05, 0.1) is 16.8 Å². The van der Waals surface area contributed by atoms with Gasteiger partial charge in [-0.2, -0.15) is 0 Å². The number of nitrogens with one attached hydrogen (secondary N) is 1. The first-order chi connectivity index (χ1) is 10.5. The summed E-state index contributed by atoms with van der Waals surface area (Å²) in [7, 11) is 0. The Bertz CT molecular complexity index is 940. The van der Waals surface area contributed by atoms with Gasteiger partial charge in [-0.3, -0.25) is 4.79 Å². The zero-order chi connectivity index (χ0) is 15.9. The van der Waals surface area contributed by atoms with E-state index in [-0.39, 0.29) is 11.0 Å². The molecule has 0 spiro atoms. The van der Waals surface area contributed by atoms with Crippen molar-refractivity contribution in [1.29, 1.82) is 0 Å².